The Morgan fingerprint density at radius 3 is 2.59 bits per heavy atom. The highest BCUT2D eigenvalue weighted by molar-refractivity contribution is 5.97. The van der Waals surface area contributed by atoms with Crippen LogP contribution in [0.3, 0.4) is 0 Å². The molecule has 8 rings (SSSR count). The fourth-order valence-corrected chi connectivity index (χ4v) is 6.86. The smallest absolute Gasteiger partial charge is 0.254 e. The van der Waals surface area contributed by atoms with E-state index in [9.17, 15) is 14.7 Å². The molecule has 2 aliphatic heterocycles. The van der Waals surface area contributed by atoms with E-state index in [1.807, 2.05) is 30.3 Å². The van der Waals surface area contributed by atoms with Crippen LogP contribution in [0.1, 0.15) is 57.4 Å². The number of aromatic nitrogens is 3. The van der Waals surface area contributed by atoms with Crippen LogP contribution in [-0.2, 0) is 11.2 Å². The number of carbonyl (C=O) groups excluding carboxylic acids is 2. The summed E-state index contributed by atoms with van der Waals surface area (Å²) in [5, 5.41) is 10.4. The lowest BCUT2D eigenvalue weighted by atomic mass is 9.89. The van der Waals surface area contributed by atoms with Crippen molar-refractivity contribution in [2.45, 2.75) is 44.2 Å². The van der Waals surface area contributed by atoms with E-state index in [-0.39, 0.29) is 11.9 Å². The number of anilines is 1. The van der Waals surface area contributed by atoms with Crippen molar-refractivity contribution in [2.75, 3.05) is 24.5 Å². The number of aliphatic hydroxyl groups excluding tert-OH is 1. The Morgan fingerprint density at radius 1 is 1.02 bits per heavy atom. The highest BCUT2D eigenvalue weighted by Crippen LogP contribution is 2.43. The third kappa shape index (κ3) is 4.48. The minimum Gasteiger partial charge on any atom is -0.389 e. The normalized spacial score (nSPS) is 18.3. The van der Waals surface area contributed by atoms with Crippen molar-refractivity contribution in [2.24, 2.45) is 0 Å². The van der Waals surface area contributed by atoms with Crippen LogP contribution in [0, 0.1) is 6.92 Å². The summed E-state index contributed by atoms with van der Waals surface area (Å²) in [6.45, 7) is 3.64. The van der Waals surface area contributed by atoms with Crippen molar-refractivity contribution in [1.82, 2.24) is 19.9 Å². The summed E-state index contributed by atoms with van der Waals surface area (Å²) in [5.74, 6) is 0.624. The molecule has 2 fully saturated rings. The van der Waals surface area contributed by atoms with Gasteiger partial charge < -0.3 is 24.7 Å². The molecule has 0 bridgehead atoms. The number of fused-ring (bicyclic) bond motifs is 2. The number of nitrogens with one attached hydrogen (secondary N) is 1. The second-order valence-electron chi connectivity index (χ2n) is 12.3. The van der Waals surface area contributed by atoms with E-state index in [1.54, 1.807) is 11.2 Å². The molecule has 1 saturated heterocycles. The Labute approximate surface area is 255 Å². The van der Waals surface area contributed by atoms with Crippen LogP contribution in [0.5, 0.6) is 0 Å². The van der Waals surface area contributed by atoms with Gasteiger partial charge in [0.15, 0.2) is 0 Å². The molecule has 8 heteroatoms. The molecule has 0 radical (unpaired) electrons. The second kappa shape index (κ2) is 10.4. The number of nitrogens with zero attached hydrogens (tertiary/aromatic N) is 4. The molecule has 1 unspecified atom stereocenters. The minimum absolute atomic E-state index is 0.0703. The van der Waals surface area contributed by atoms with Gasteiger partial charge in [-0.15, -0.1) is 0 Å². The monoisotopic (exact) mass is 583 g/mol. The largest absolute Gasteiger partial charge is 0.389 e. The molecule has 0 spiro atoms. The highest BCUT2D eigenvalue weighted by Gasteiger charge is 2.32. The van der Waals surface area contributed by atoms with Crippen molar-refractivity contribution in [3.63, 3.8) is 0 Å². The van der Waals surface area contributed by atoms with Gasteiger partial charge in [-0.2, -0.15) is 0 Å². The summed E-state index contributed by atoms with van der Waals surface area (Å²) < 4.78 is 0. The summed E-state index contributed by atoms with van der Waals surface area (Å²) in [6.07, 6.45) is 5.68. The van der Waals surface area contributed by atoms with Crippen LogP contribution in [-0.4, -0.2) is 62.9 Å². The Hall–Kier alpha value is -4.82. The van der Waals surface area contributed by atoms with Crippen LogP contribution < -0.4 is 4.90 Å². The number of likely N-dealkylation sites (tertiary alicyclic amines) is 1. The van der Waals surface area contributed by atoms with Gasteiger partial charge in [-0.25, -0.2) is 9.97 Å². The molecule has 1 aliphatic carbocycles. The summed E-state index contributed by atoms with van der Waals surface area (Å²) in [7, 11) is 0. The lowest BCUT2D eigenvalue weighted by molar-refractivity contribution is -0.109. The fourth-order valence-electron chi connectivity index (χ4n) is 6.86. The molecule has 2 N–H and O–H groups in total. The highest BCUT2D eigenvalue weighted by atomic mass is 16.3. The average Bonchev–Trinajstić information content (AvgIpc) is 3.80. The summed E-state index contributed by atoms with van der Waals surface area (Å²) >= 11 is 0. The maximum Gasteiger partial charge on any atom is 0.254 e. The van der Waals surface area contributed by atoms with Crippen molar-refractivity contribution in [1.29, 1.82) is 0 Å². The molecule has 1 atom stereocenters. The first-order valence-electron chi connectivity index (χ1n) is 15.3. The molecule has 1 saturated carbocycles. The van der Waals surface area contributed by atoms with Gasteiger partial charge in [0, 0.05) is 47.5 Å². The minimum atomic E-state index is -0.424. The number of rotatable bonds is 6. The van der Waals surface area contributed by atoms with Gasteiger partial charge in [-0.3, -0.25) is 4.79 Å². The molecule has 3 aliphatic rings. The molecule has 5 aromatic rings. The van der Waals surface area contributed by atoms with Gasteiger partial charge in [0.1, 0.15) is 24.3 Å². The fraction of sp³-hybridized carbons (Fsp3) is 0.278. The number of aliphatic hydroxyl groups is 1. The lowest BCUT2D eigenvalue weighted by Crippen LogP contribution is -2.53. The van der Waals surface area contributed by atoms with E-state index in [0.29, 0.717) is 24.6 Å². The van der Waals surface area contributed by atoms with Crippen LogP contribution in [0.2, 0.25) is 0 Å². The van der Waals surface area contributed by atoms with Crippen molar-refractivity contribution in [3.8, 4) is 22.5 Å². The first-order chi connectivity index (χ1) is 21.5. The standard InChI is InChI=1S/C36H33N5O3/c1-21-28(3-2-4-32(21)41-14-13-26-15-25(22-5-6-22)11-12-29(26)33(41)19-42)34-30-16-31(39-35(30)38-20-37-34)23-7-9-24(10-8-23)36(44)40-17-27(43)18-40/h2-4,7-12,15-16,19-20,22,27,33,43H,5-6,13-14,17-18H2,1H3,(H,37,38,39). The van der Waals surface area contributed by atoms with Gasteiger partial charge in [0.05, 0.1) is 11.8 Å². The number of benzene rings is 3. The van der Waals surface area contributed by atoms with Crippen LogP contribution in [0.25, 0.3) is 33.5 Å². The summed E-state index contributed by atoms with van der Waals surface area (Å²) in [6, 6.07) is 22.1. The maximum atomic E-state index is 12.6. The van der Waals surface area contributed by atoms with Gasteiger partial charge >= 0.3 is 0 Å². The number of hydrogen-bond donors (Lipinski definition) is 2. The average molecular weight is 584 g/mol. The first kappa shape index (κ1) is 26.8. The zero-order valence-electron chi connectivity index (χ0n) is 24.5. The predicted octanol–water partition coefficient (Wildman–Crippen LogP) is 5.60. The Kier molecular flexibility index (Phi) is 6.34. The quantitative estimate of drug-likeness (QED) is 0.253. The lowest BCUT2D eigenvalue weighted by Gasteiger charge is -2.37. The number of aldehydes is 1. The van der Waals surface area contributed by atoms with E-state index in [1.165, 1.54) is 24.0 Å². The van der Waals surface area contributed by atoms with Gasteiger partial charge in [0.2, 0.25) is 0 Å². The van der Waals surface area contributed by atoms with E-state index in [0.717, 1.165) is 69.6 Å². The number of amides is 1. The Bertz CT molecular complexity index is 1920. The number of carbonyl (C=O) groups is 2. The SMILES string of the molecule is Cc1c(-c2ncnc3[nH]c(-c4ccc(C(=O)N5CC(O)C5)cc4)cc23)cccc1N1CCc2cc(C3CC3)ccc2C1C=O. The van der Waals surface area contributed by atoms with Gasteiger partial charge in [-0.05, 0) is 84.2 Å². The third-order valence-electron chi connectivity index (χ3n) is 9.51. The molecular weight excluding hydrogens is 550 g/mol. The molecular formula is C36H33N5O3. The number of β-amino-alcohol motifs (C(OH)–C–C–N with tert-alkyl or cyclic N) is 1. The van der Waals surface area contributed by atoms with Crippen LogP contribution in [0.4, 0.5) is 5.69 Å². The number of hydrogen-bond acceptors (Lipinski definition) is 6. The molecule has 3 aromatic carbocycles. The zero-order valence-corrected chi connectivity index (χ0v) is 24.5. The molecule has 220 valence electrons. The second-order valence-corrected chi connectivity index (χ2v) is 12.3. The number of H-pyrrole nitrogens is 1. The molecule has 44 heavy (non-hydrogen) atoms. The summed E-state index contributed by atoms with van der Waals surface area (Å²) in [4.78, 5) is 41.7. The molecule has 8 nitrogen and oxygen atoms in total. The van der Waals surface area contributed by atoms with E-state index >= 15 is 0 Å². The summed E-state index contributed by atoms with van der Waals surface area (Å²) in [5.41, 5.74) is 10.9. The van der Waals surface area contributed by atoms with Crippen LogP contribution in [0.15, 0.2) is 73.1 Å². The predicted molar refractivity (Wildman–Crippen MR) is 170 cm³/mol. The van der Waals surface area contributed by atoms with Gasteiger partial charge in [0.25, 0.3) is 5.91 Å². The van der Waals surface area contributed by atoms with Crippen molar-refractivity contribution < 1.29 is 14.7 Å². The van der Waals surface area contributed by atoms with Crippen molar-refractivity contribution in [3.05, 3.63) is 101 Å². The van der Waals surface area contributed by atoms with Gasteiger partial charge in [-0.1, -0.05) is 42.5 Å². The first-order valence-corrected chi connectivity index (χ1v) is 15.3. The molecule has 1 amide bonds. The van der Waals surface area contributed by atoms with E-state index in [2.05, 4.69) is 58.2 Å². The van der Waals surface area contributed by atoms with Crippen LogP contribution >= 0.6 is 0 Å². The third-order valence-corrected chi connectivity index (χ3v) is 9.51. The topological polar surface area (TPSA) is 102 Å². The maximum absolute atomic E-state index is 12.6. The molecule has 4 heterocycles. The molecule has 2 aromatic heterocycles. The van der Waals surface area contributed by atoms with Crippen molar-refractivity contribution >= 4 is 28.9 Å². The zero-order chi connectivity index (χ0) is 29.9. The Morgan fingerprint density at radius 2 is 1.84 bits per heavy atom. The van der Waals surface area contributed by atoms with E-state index in [4.69, 9.17) is 4.98 Å². The number of aromatic amines is 1. The Balaban J connectivity index is 1.11. The van der Waals surface area contributed by atoms with E-state index < -0.39 is 6.10 Å².